The summed E-state index contributed by atoms with van der Waals surface area (Å²) in [5, 5.41) is 0. The minimum absolute atomic E-state index is 0.535. The average molecular weight is 837 g/mol. The first kappa shape index (κ1) is 56.2. The molecule has 3 unspecified atom stereocenters. The molecule has 0 N–H and O–H groups in total. The van der Waals surface area contributed by atoms with Crippen molar-refractivity contribution in [1.29, 1.82) is 0 Å². The van der Waals surface area contributed by atoms with Gasteiger partial charge < -0.3 is 0 Å². The number of unbranched alkanes of at least 4 members (excludes halogenated alkanes) is 9. The molecule has 0 amide bonds. The molecule has 0 aromatic heterocycles. The van der Waals surface area contributed by atoms with Crippen LogP contribution in [0.2, 0.25) is 0 Å². The first-order valence-electron chi connectivity index (χ1n) is 25.3. The molecule has 0 heterocycles. The van der Waals surface area contributed by atoms with Crippen LogP contribution in [0, 0.1) is 0 Å². The molecule has 0 saturated heterocycles. The Morgan fingerprint density at radius 1 is 0.291 bits per heavy atom. The second-order valence-electron chi connectivity index (χ2n) is 19.2. The second kappa shape index (κ2) is 28.0. The fourth-order valence-electron chi connectivity index (χ4n) is 10.8. The van der Waals surface area contributed by atoms with Gasteiger partial charge in [0, 0.05) is 0 Å². The summed E-state index contributed by atoms with van der Waals surface area (Å²) < 4.78 is 26.0. The molecule has 0 saturated carbocycles. The third kappa shape index (κ3) is 14.7. The van der Waals surface area contributed by atoms with Gasteiger partial charge >= 0.3 is 352 Å². The molecule has 0 aromatic rings. The van der Waals surface area contributed by atoms with E-state index in [1.807, 2.05) is 0 Å². The Morgan fingerprint density at radius 2 is 0.436 bits per heavy atom. The van der Waals surface area contributed by atoms with Gasteiger partial charge in [0.25, 0.3) is 0 Å². The van der Waals surface area contributed by atoms with Gasteiger partial charge in [0.05, 0.1) is 0 Å². The normalized spacial score (nSPS) is 16.7. The van der Waals surface area contributed by atoms with E-state index in [4.69, 9.17) is 13.3 Å². The molecule has 0 aliphatic carbocycles. The van der Waals surface area contributed by atoms with Gasteiger partial charge in [-0.15, -0.1) is 0 Å². The maximum atomic E-state index is 8.67. The Balaban J connectivity index is 8.95. The van der Waals surface area contributed by atoms with E-state index in [-0.39, 0.29) is 0 Å². The Kier molecular flexibility index (Phi) is 28.6. The fourth-order valence-corrected chi connectivity index (χ4v) is 32.6. The van der Waals surface area contributed by atoms with Crippen molar-refractivity contribution in [1.82, 2.24) is 0 Å². The van der Waals surface area contributed by atoms with E-state index in [1.165, 1.54) is 190 Å². The van der Waals surface area contributed by atoms with E-state index in [9.17, 15) is 0 Å². The Morgan fingerprint density at radius 3 is 0.545 bits per heavy atom. The zero-order valence-corrected chi connectivity index (χ0v) is 43.8. The van der Waals surface area contributed by atoms with Crippen molar-refractivity contribution in [3.05, 3.63) is 0 Å². The van der Waals surface area contributed by atoms with Crippen LogP contribution in [0.1, 0.15) is 239 Å². The number of rotatable bonds is 39. The predicted molar refractivity (Wildman–Crippen MR) is 267 cm³/mol. The van der Waals surface area contributed by atoms with Crippen LogP contribution in [0.5, 0.6) is 0 Å². The minimum atomic E-state index is -2.85. The molecule has 0 aromatic carbocycles. The summed E-state index contributed by atoms with van der Waals surface area (Å²) in [6.45, 7) is 28.4. The van der Waals surface area contributed by atoms with Gasteiger partial charge in [-0.05, 0) is 0 Å². The summed E-state index contributed by atoms with van der Waals surface area (Å²) in [4.78, 5) is 0. The quantitative estimate of drug-likeness (QED) is 0.0456. The van der Waals surface area contributed by atoms with Crippen LogP contribution in [0.3, 0.4) is 0 Å². The average Bonchev–Trinajstić information content (AvgIpc) is 3.21. The third-order valence-corrected chi connectivity index (χ3v) is 38.2. The summed E-state index contributed by atoms with van der Waals surface area (Å²) in [7, 11) is -0.535. The first-order chi connectivity index (χ1) is 26.2. The van der Waals surface area contributed by atoms with Gasteiger partial charge in [-0.2, -0.15) is 0 Å². The molecule has 0 aliphatic heterocycles. The molecule has 3 nitrogen and oxygen atoms in total. The molecule has 0 rings (SSSR count). The van der Waals surface area contributed by atoms with E-state index in [0.717, 1.165) is 0 Å². The van der Waals surface area contributed by atoms with Crippen molar-refractivity contribution < 1.29 is 13.3 Å². The van der Waals surface area contributed by atoms with Gasteiger partial charge in [-0.25, -0.2) is 0 Å². The van der Waals surface area contributed by atoms with Crippen LogP contribution in [-0.4, -0.2) is 79.8 Å². The van der Waals surface area contributed by atoms with E-state index in [0.29, 0.717) is 17.0 Å². The third-order valence-electron chi connectivity index (χ3n) is 15.7. The van der Waals surface area contributed by atoms with Crippen LogP contribution >= 0.6 is 20.5 Å². The fraction of sp³-hybridized carbons (Fsp3) is 1.00. The zero-order chi connectivity index (χ0) is 42.0. The van der Waals surface area contributed by atoms with Crippen LogP contribution in [0.4, 0.5) is 0 Å². The Bertz CT molecular complexity index is 770. The van der Waals surface area contributed by atoms with Crippen LogP contribution in [-0.2, 0) is 13.3 Å². The van der Waals surface area contributed by atoms with Crippen molar-refractivity contribution in [2.75, 3.05) is 55.5 Å². The monoisotopic (exact) mass is 837 g/mol. The number of hydrogen-bond donors (Lipinski definition) is 0. The van der Waals surface area contributed by atoms with Gasteiger partial charge in [0.1, 0.15) is 0 Å². The van der Waals surface area contributed by atoms with E-state index >= 15 is 0 Å². The SMILES string of the molecule is CCCCP(CCCC)(CCCC)(OB(OP(CCCC)(CCCC)(CCCC)C(C)CC)OP(CCCC)(CCCC)(CCCC)C(C)CC)C(C)CC. The predicted octanol–water partition coefficient (Wildman–Crippen LogP) is 18.0. The maximum absolute atomic E-state index is 8.67. The van der Waals surface area contributed by atoms with Gasteiger partial charge in [0.2, 0.25) is 0 Å². The van der Waals surface area contributed by atoms with Crippen molar-refractivity contribution in [3.8, 4) is 0 Å². The molecule has 0 aliphatic rings. The number of hydrogen-bond acceptors (Lipinski definition) is 3. The van der Waals surface area contributed by atoms with Crippen LogP contribution in [0.25, 0.3) is 0 Å². The molecule has 7 heteroatoms. The van der Waals surface area contributed by atoms with E-state index in [1.54, 1.807) is 0 Å². The van der Waals surface area contributed by atoms with Crippen molar-refractivity contribution >= 4 is 27.8 Å². The Hall–Kier alpha value is 1.23. The first-order valence-corrected chi connectivity index (χ1v) is 33.7. The Labute approximate surface area is 350 Å². The van der Waals surface area contributed by atoms with Gasteiger partial charge in [-0.1, -0.05) is 0 Å². The molecule has 0 radical (unpaired) electrons. The zero-order valence-electron chi connectivity index (χ0n) is 41.1. The molecule has 0 bridgehead atoms. The van der Waals surface area contributed by atoms with Crippen LogP contribution in [0.15, 0.2) is 0 Å². The summed E-state index contributed by atoms with van der Waals surface area (Å²) in [6, 6.07) is 0. The van der Waals surface area contributed by atoms with Crippen LogP contribution < -0.4 is 0 Å². The molecule has 0 fully saturated rings. The standard InChI is InChI=1S/C48H108BO3P3/c1-16-28-37-53(38-29-17-2,39-30-18-3,46(13)25-10)50-49(51-54(40-31-19-4,41-32-20-5,42-33-21-6)47(14)26-11)52-55(43-34-22-7,44-35-23-8,45-36-24-9)48(15)27-12/h46-48H,16-45H2,1-15H3. The molecule has 3 atom stereocenters. The molecule has 55 heavy (non-hydrogen) atoms. The van der Waals surface area contributed by atoms with Gasteiger partial charge in [0.15, 0.2) is 0 Å². The summed E-state index contributed by atoms with van der Waals surface area (Å²) in [6.07, 6.45) is 37.2. The molecule has 0 spiro atoms. The van der Waals surface area contributed by atoms with E-state index < -0.39 is 27.8 Å². The second-order valence-corrected chi connectivity index (χ2v) is 36.8. The van der Waals surface area contributed by atoms with Crippen molar-refractivity contribution in [2.24, 2.45) is 0 Å². The van der Waals surface area contributed by atoms with Gasteiger partial charge in [-0.3, -0.25) is 0 Å². The molecule has 336 valence electrons. The van der Waals surface area contributed by atoms with Crippen molar-refractivity contribution in [3.63, 3.8) is 0 Å². The van der Waals surface area contributed by atoms with E-state index in [2.05, 4.69) is 104 Å². The van der Waals surface area contributed by atoms with Crippen molar-refractivity contribution in [2.45, 2.75) is 256 Å². The summed E-state index contributed by atoms with van der Waals surface area (Å²) in [5.74, 6) is 0. The summed E-state index contributed by atoms with van der Waals surface area (Å²) >= 11 is 0. The molecular formula is C48H108BO3P3. The molecular weight excluding hydrogens is 728 g/mol. The topological polar surface area (TPSA) is 27.7 Å². The summed E-state index contributed by atoms with van der Waals surface area (Å²) in [5.41, 5.74) is 1.66.